The highest BCUT2D eigenvalue weighted by atomic mass is 35.5. The van der Waals surface area contributed by atoms with Crippen molar-refractivity contribution in [3.63, 3.8) is 0 Å². The molecular weight excluding hydrogens is 437 g/mol. The molecule has 3 aromatic rings. The second kappa shape index (κ2) is 9.13. The maximum Gasteiger partial charge on any atom is 0.573 e. The van der Waals surface area contributed by atoms with Gasteiger partial charge in [0.1, 0.15) is 11.5 Å². The third-order valence-electron chi connectivity index (χ3n) is 4.04. The Morgan fingerprint density at radius 1 is 1.06 bits per heavy atom. The molecule has 0 unspecified atom stereocenters. The maximum absolute atomic E-state index is 12.8. The van der Waals surface area contributed by atoms with Crippen LogP contribution in [0.25, 0.3) is 0 Å². The first kappa shape index (κ1) is 22.2. The molecule has 0 spiro atoms. The van der Waals surface area contributed by atoms with Crippen molar-refractivity contribution in [3.05, 3.63) is 71.0 Å². The van der Waals surface area contributed by atoms with Crippen molar-refractivity contribution < 1.29 is 32.2 Å². The van der Waals surface area contributed by atoms with E-state index in [9.17, 15) is 18.0 Å². The molecule has 0 aliphatic rings. The molecule has 0 saturated carbocycles. The molecule has 10 heteroatoms. The van der Waals surface area contributed by atoms with Crippen molar-refractivity contribution in [2.75, 3.05) is 12.4 Å². The predicted octanol–water partition coefficient (Wildman–Crippen LogP) is 6.00. The fourth-order valence-corrected chi connectivity index (χ4v) is 2.79. The molecule has 0 radical (unpaired) electrons. The summed E-state index contributed by atoms with van der Waals surface area (Å²) in [6, 6.07) is 9.37. The quantitative estimate of drug-likeness (QED) is 0.497. The van der Waals surface area contributed by atoms with E-state index in [1.54, 1.807) is 19.2 Å². The van der Waals surface area contributed by atoms with Crippen LogP contribution < -0.4 is 19.5 Å². The summed E-state index contributed by atoms with van der Waals surface area (Å²) < 4.78 is 52.1. The van der Waals surface area contributed by atoms with E-state index in [0.29, 0.717) is 10.7 Å². The Hall–Kier alpha value is -3.46. The van der Waals surface area contributed by atoms with Crippen molar-refractivity contribution >= 4 is 23.2 Å². The molecule has 31 heavy (non-hydrogen) atoms. The summed E-state index contributed by atoms with van der Waals surface area (Å²) in [5.41, 5.74) is 1.42. The zero-order valence-corrected chi connectivity index (χ0v) is 17.0. The summed E-state index contributed by atoms with van der Waals surface area (Å²) in [5.74, 6) is -0.792. The summed E-state index contributed by atoms with van der Waals surface area (Å²) in [6.07, 6.45) is -1.71. The van der Waals surface area contributed by atoms with Gasteiger partial charge in [0.05, 0.1) is 12.7 Å². The first-order chi connectivity index (χ1) is 14.7. The van der Waals surface area contributed by atoms with E-state index in [2.05, 4.69) is 15.0 Å². The Morgan fingerprint density at radius 2 is 1.81 bits per heavy atom. The topological polar surface area (TPSA) is 69.7 Å². The van der Waals surface area contributed by atoms with Gasteiger partial charge in [-0.05, 0) is 48.9 Å². The van der Waals surface area contributed by atoms with E-state index < -0.39 is 18.0 Å². The molecule has 0 aliphatic heterocycles. The van der Waals surface area contributed by atoms with Crippen molar-refractivity contribution in [2.24, 2.45) is 0 Å². The molecule has 2 aromatic carbocycles. The predicted molar refractivity (Wildman–Crippen MR) is 108 cm³/mol. The highest BCUT2D eigenvalue weighted by Crippen LogP contribution is 2.38. The Kier molecular flexibility index (Phi) is 6.55. The van der Waals surface area contributed by atoms with Gasteiger partial charge in [0, 0.05) is 29.2 Å². The second-order valence-corrected chi connectivity index (χ2v) is 6.68. The molecular formula is C21H16ClF3N2O4. The number of halogens is 4. The molecule has 0 bridgehead atoms. The summed E-state index contributed by atoms with van der Waals surface area (Å²) >= 11 is 6.05. The minimum Gasteiger partial charge on any atom is -0.493 e. The first-order valence-corrected chi connectivity index (χ1v) is 9.17. The number of aromatic nitrogens is 1. The van der Waals surface area contributed by atoms with Crippen molar-refractivity contribution in [2.45, 2.75) is 13.3 Å². The lowest BCUT2D eigenvalue weighted by molar-refractivity contribution is -0.274. The molecule has 0 atom stereocenters. The number of amides is 1. The molecule has 1 aromatic heterocycles. The number of anilines is 1. The minimum atomic E-state index is -4.85. The molecule has 1 amide bonds. The number of hydrogen-bond donors (Lipinski definition) is 1. The van der Waals surface area contributed by atoms with Crippen LogP contribution in [-0.4, -0.2) is 24.4 Å². The lowest BCUT2D eigenvalue weighted by atomic mass is 10.1. The molecule has 3 rings (SSSR count). The average molecular weight is 453 g/mol. The van der Waals surface area contributed by atoms with E-state index in [0.717, 1.165) is 17.7 Å². The van der Waals surface area contributed by atoms with Gasteiger partial charge in [-0.15, -0.1) is 13.2 Å². The number of rotatable bonds is 6. The van der Waals surface area contributed by atoms with Crippen LogP contribution in [0.5, 0.6) is 23.0 Å². The fourth-order valence-electron chi connectivity index (χ4n) is 2.62. The van der Waals surface area contributed by atoms with Gasteiger partial charge in [-0.1, -0.05) is 11.6 Å². The number of carbonyl (C=O) groups is 1. The maximum atomic E-state index is 12.8. The van der Waals surface area contributed by atoms with Gasteiger partial charge < -0.3 is 19.5 Å². The van der Waals surface area contributed by atoms with Crippen molar-refractivity contribution in [1.29, 1.82) is 0 Å². The zero-order chi connectivity index (χ0) is 22.6. The van der Waals surface area contributed by atoms with E-state index in [-0.39, 0.29) is 22.8 Å². The van der Waals surface area contributed by atoms with Gasteiger partial charge in [-0.2, -0.15) is 0 Å². The van der Waals surface area contributed by atoms with Crippen LogP contribution >= 0.6 is 11.6 Å². The van der Waals surface area contributed by atoms with E-state index in [1.165, 1.54) is 37.6 Å². The van der Waals surface area contributed by atoms with Crippen LogP contribution in [0.2, 0.25) is 5.02 Å². The summed E-state index contributed by atoms with van der Waals surface area (Å²) in [7, 11) is 1.27. The number of benzene rings is 2. The molecule has 1 heterocycles. The number of alkyl halides is 3. The van der Waals surface area contributed by atoms with Crippen LogP contribution in [0.3, 0.4) is 0 Å². The summed E-state index contributed by atoms with van der Waals surface area (Å²) in [4.78, 5) is 16.8. The Morgan fingerprint density at radius 3 is 2.48 bits per heavy atom. The number of hydrogen-bond acceptors (Lipinski definition) is 5. The zero-order valence-electron chi connectivity index (χ0n) is 16.3. The van der Waals surface area contributed by atoms with Crippen LogP contribution in [0.1, 0.15) is 15.9 Å². The van der Waals surface area contributed by atoms with Gasteiger partial charge in [0.25, 0.3) is 5.91 Å². The third-order valence-corrected chi connectivity index (χ3v) is 4.28. The van der Waals surface area contributed by atoms with Gasteiger partial charge >= 0.3 is 6.36 Å². The van der Waals surface area contributed by atoms with Crippen molar-refractivity contribution in [3.8, 4) is 23.0 Å². The number of carbonyl (C=O) groups excluding carboxylic acids is 1. The summed E-state index contributed by atoms with van der Waals surface area (Å²) in [6.45, 7) is 1.79. The van der Waals surface area contributed by atoms with Gasteiger partial charge in [0.2, 0.25) is 0 Å². The number of ether oxygens (including phenoxy) is 3. The fraction of sp³-hybridized carbons (Fsp3) is 0.143. The highest BCUT2D eigenvalue weighted by Gasteiger charge is 2.31. The number of nitrogens with zero attached hydrogens (tertiary/aromatic N) is 1. The average Bonchev–Trinajstić information content (AvgIpc) is 2.70. The summed E-state index contributed by atoms with van der Waals surface area (Å²) in [5, 5.41) is 3.05. The van der Waals surface area contributed by atoms with Crippen LogP contribution in [0.4, 0.5) is 18.9 Å². The van der Waals surface area contributed by atoms with Crippen molar-refractivity contribution in [1.82, 2.24) is 4.98 Å². The Labute approximate surface area is 180 Å². The third kappa shape index (κ3) is 5.79. The first-order valence-electron chi connectivity index (χ1n) is 8.79. The highest BCUT2D eigenvalue weighted by molar-refractivity contribution is 6.31. The minimum absolute atomic E-state index is 0.0203. The Balaban J connectivity index is 1.90. The smallest absolute Gasteiger partial charge is 0.493 e. The lowest BCUT2D eigenvalue weighted by Crippen LogP contribution is -2.17. The standard InChI is InChI=1S/C21H16ClF3N2O4/c1-12-11-26-8-7-16(12)27-20(28)15-9-13(22)3-5-17(15)30-18-6-4-14(10-19(18)29-2)31-21(23,24)25/h3-11H,1-2H3,(H,26,27,28). The lowest BCUT2D eigenvalue weighted by Gasteiger charge is -2.16. The number of nitrogens with one attached hydrogen (secondary N) is 1. The van der Waals surface area contributed by atoms with E-state index in [1.807, 2.05) is 0 Å². The SMILES string of the molecule is COc1cc(OC(F)(F)F)ccc1Oc1ccc(Cl)cc1C(=O)Nc1ccncc1C. The van der Waals surface area contributed by atoms with E-state index >= 15 is 0 Å². The van der Waals surface area contributed by atoms with Gasteiger partial charge in [-0.25, -0.2) is 0 Å². The van der Waals surface area contributed by atoms with Crippen LogP contribution in [0, 0.1) is 6.92 Å². The van der Waals surface area contributed by atoms with Crippen LogP contribution in [0.15, 0.2) is 54.9 Å². The number of pyridine rings is 1. The number of methoxy groups -OCH3 is 1. The second-order valence-electron chi connectivity index (χ2n) is 6.25. The molecule has 162 valence electrons. The molecule has 0 fully saturated rings. The monoisotopic (exact) mass is 452 g/mol. The van der Waals surface area contributed by atoms with E-state index in [4.69, 9.17) is 21.1 Å². The Bertz CT molecular complexity index is 1110. The largest absolute Gasteiger partial charge is 0.573 e. The van der Waals surface area contributed by atoms with Crippen LogP contribution in [-0.2, 0) is 0 Å². The molecule has 0 saturated heterocycles. The van der Waals surface area contributed by atoms with Gasteiger partial charge in [-0.3, -0.25) is 9.78 Å². The van der Waals surface area contributed by atoms with Gasteiger partial charge in [0.15, 0.2) is 11.5 Å². The number of aryl methyl sites for hydroxylation is 1. The molecule has 1 N–H and O–H groups in total. The molecule has 0 aliphatic carbocycles. The molecule has 6 nitrogen and oxygen atoms in total. The normalized spacial score (nSPS) is 11.0.